The van der Waals surface area contributed by atoms with E-state index >= 15 is 0 Å². The summed E-state index contributed by atoms with van der Waals surface area (Å²) in [6, 6.07) is 10.4. The molecule has 0 unspecified atom stereocenters. The third-order valence-electron chi connectivity index (χ3n) is 1.86. The minimum atomic E-state index is 0. The summed E-state index contributed by atoms with van der Waals surface area (Å²) in [7, 11) is 6.20. The van der Waals surface area contributed by atoms with Crippen LogP contribution in [0.4, 0.5) is 0 Å². The zero-order chi connectivity index (χ0) is 10.6. The first-order valence-corrected chi connectivity index (χ1v) is 4.99. The number of rotatable bonds is 3. The molecule has 1 aromatic rings. The fourth-order valence-electron chi connectivity index (χ4n) is 1.33. The van der Waals surface area contributed by atoms with Crippen molar-refractivity contribution in [3.8, 4) is 0 Å². The molecule has 2 nitrogen and oxygen atoms in total. The van der Waals surface area contributed by atoms with Crippen molar-refractivity contribution in [3.63, 3.8) is 0 Å². The monoisotopic (exact) mass is 318 g/mol. The largest absolute Gasteiger partial charge is 1.00 e. The smallest absolute Gasteiger partial charge is 0.103 e. The Morgan fingerprint density at radius 1 is 1.13 bits per heavy atom. The summed E-state index contributed by atoms with van der Waals surface area (Å²) in [6.45, 7) is 2.14. The van der Waals surface area contributed by atoms with Crippen LogP contribution in [0.25, 0.3) is 0 Å². The summed E-state index contributed by atoms with van der Waals surface area (Å²) in [5, 5.41) is 4.65. The Hall–Kier alpha value is -0.420. The fraction of sp³-hybridized carbons (Fsp3) is 0.417. The maximum Gasteiger partial charge on any atom is 0.103 e. The van der Waals surface area contributed by atoms with Crippen molar-refractivity contribution in [1.82, 2.24) is 0 Å². The third kappa shape index (κ3) is 5.28. The first-order valence-electron chi connectivity index (χ1n) is 4.99. The van der Waals surface area contributed by atoms with E-state index in [9.17, 15) is 0 Å². The van der Waals surface area contributed by atoms with Crippen molar-refractivity contribution in [1.29, 1.82) is 0 Å². The normalized spacial score (nSPS) is 12.1. The van der Waals surface area contributed by atoms with Crippen LogP contribution in [0.15, 0.2) is 35.4 Å². The molecule has 0 heterocycles. The molecule has 0 spiro atoms. The number of nitrogens with zero attached hydrogens (tertiary/aromatic N) is 2. The zero-order valence-electron chi connectivity index (χ0n) is 9.87. The molecule has 0 amide bonds. The van der Waals surface area contributed by atoms with Crippen LogP contribution < -0.4 is 24.0 Å². The summed E-state index contributed by atoms with van der Waals surface area (Å²) >= 11 is 0. The third-order valence-corrected chi connectivity index (χ3v) is 1.86. The van der Waals surface area contributed by atoms with Crippen molar-refractivity contribution in [2.24, 2.45) is 5.10 Å². The van der Waals surface area contributed by atoms with Crippen molar-refractivity contribution >= 4 is 5.71 Å². The Kier molecular flexibility index (Phi) is 6.05. The van der Waals surface area contributed by atoms with E-state index in [0.29, 0.717) is 4.59 Å². The first kappa shape index (κ1) is 14.6. The van der Waals surface area contributed by atoms with Gasteiger partial charge in [0, 0.05) is 5.56 Å². The van der Waals surface area contributed by atoms with Crippen LogP contribution in [0, 0.1) is 0 Å². The van der Waals surface area contributed by atoms with Gasteiger partial charge in [0.15, 0.2) is 0 Å². The van der Waals surface area contributed by atoms with Crippen LogP contribution in [0.2, 0.25) is 0 Å². The van der Waals surface area contributed by atoms with Gasteiger partial charge >= 0.3 is 0 Å². The van der Waals surface area contributed by atoms with Gasteiger partial charge in [-0.3, -0.25) is 0 Å². The lowest BCUT2D eigenvalue weighted by Gasteiger charge is -2.17. The van der Waals surface area contributed by atoms with Gasteiger partial charge in [-0.25, -0.2) is 4.59 Å². The van der Waals surface area contributed by atoms with Gasteiger partial charge in [0.1, 0.15) is 5.71 Å². The van der Waals surface area contributed by atoms with Crippen LogP contribution >= 0.6 is 0 Å². The van der Waals surface area contributed by atoms with Crippen molar-refractivity contribution in [2.45, 2.75) is 13.3 Å². The summed E-state index contributed by atoms with van der Waals surface area (Å²) in [5.74, 6) is 0. The summed E-state index contributed by atoms with van der Waals surface area (Å²) in [5.41, 5.74) is 2.39. The molecular formula is C12H19IN2. The number of hydrogen-bond donors (Lipinski definition) is 0. The van der Waals surface area contributed by atoms with E-state index in [1.165, 1.54) is 5.56 Å². The van der Waals surface area contributed by atoms with Crippen molar-refractivity contribution in [3.05, 3.63) is 35.9 Å². The van der Waals surface area contributed by atoms with Crippen LogP contribution in [0.1, 0.15) is 18.9 Å². The number of halogens is 1. The van der Waals surface area contributed by atoms with Gasteiger partial charge < -0.3 is 24.0 Å². The van der Waals surface area contributed by atoms with Crippen molar-refractivity contribution in [2.75, 3.05) is 21.1 Å². The van der Waals surface area contributed by atoms with Crippen LogP contribution in [0.3, 0.4) is 0 Å². The molecular weight excluding hydrogens is 299 g/mol. The molecule has 0 N–H and O–H groups in total. The highest BCUT2D eigenvalue weighted by molar-refractivity contribution is 5.99. The van der Waals surface area contributed by atoms with Gasteiger partial charge in [-0.15, -0.1) is 0 Å². The summed E-state index contributed by atoms with van der Waals surface area (Å²) in [4.78, 5) is 0. The summed E-state index contributed by atoms with van der Waals surface area (Å²) in [6.07, 6.45) is 0.972. The van der Waals surface area contributed by atoms with Crippen LogP contribution in [-0.2, 0) is 0 Å². The van der Waals surface area contributed by atoms with E-state index in [-0.39, 0.29) is 24.0 Å². The molecule has 0 saturated carbocycles. The SMILES string of the molecule is CC/C(=N\[N+](C)(C)C)c1ccccc1.[I-]. The Morgan fingerprint density at radius 2 is 1.67 bits per heavy atom. The quantitative estimate of drug-likeness (QED) is 0.309. The second kappa shape index (κ2) is 6.23. The standard InChI is InChI=1S/C12H19N2.HI/c1-5-12(13-14(2,3)4)11-9-7-6-8-10-11;/h6-10H,5H2,1-4H3;1H/q+1;/p-1/b13-12+;. The van der Waals surface area contributed by atoms with E-state index in [1.54, 1.807) is 0 Å². The van der Waals surface area contributed by atoms with E-state index < -0.39 is 0 Å². The Morgan fingerprint density at radius 3 is 2.07 bits per heavy atom. The van der Waals surface area contributed by atoms with Crippen molar-refractivity contribution < 1.29 is 28.6 Å². The van der Waals surface area contributed by atoms with Crippen LogP contribution in [-0.4, -0.2) is 31.4 Å². The summed E-state index contributed by atoms with van der Waals surface area (Å²) < 4.78 is 0.623. The predicted molar refractivity (Wildman–Crippen MR) is 61.3 cm³/mol. The molecule has 0 fully saturated rings. The molecule has 0 saturated heterocycles. The molecule has 15 heavy (non-hydrogen) atoms. The molecule has 84 valence electrons. The molecule has 0 aliphatic carbocycles. The topological polar surface area (TPSA) is 12.4 Å². The predicted octanol–water partition coefficient (Wildman–Crippen LogP) is -0.489. The minimum absolute atomic E-state index is 0. The molecule has 3 heteroatoms. The van der Waals surface area contributed by atoms with E-state index in [1.807, 2.05) is 6.07 Å². The molecule has 0 atom stereocenters. The average molecular weight is 318 g/mol. The molecule has 1 rings (SSSR count). The molecule has 0 radical (unpaired) electrons. The molecule has 1 aromatic carbocycles. The average Bonchev–Trinajstić information content (AvgIpc) is 2.14. The van der Waals surface area contributed by atoms with E-state index in [2.05, 4.69) is 57.4 Å². The van der Waals surface area contributed by atoms with Gasteiger partial charge in [-0.05, 0) is 6.42 Å². The number of hydrogen-bond acceptors (Lipinski definition) is 1. The van der Waals surface area contributed by atoms with Gasteiger partial charge in [-0.1, -0.05) is 42.4 Å². The van der Waals surface area contributed by atoms with Gasteiger partial charge in [0.05, 0.1) is 21.1 Å². The van der Waals surface area contributed by atoms with Gasteiger partial charge in [-0.2, -0.15) is 0 Å². The highest BCUT2D eigenvalue weighted by atomic mass is 127. The Bertz CT molecular complexity index is 312. The van der Waals surface area contributed by atoms with E-state index in [0.717, 1.165) is 12.1 Å². The molecule has 0 aliphatic rings. The fourth-order valence-corrected chi connectivity index (χ4v) is 1.33. The number of benzene rings is 1. The molecule has 0 aliphatic heterocycles. The lowest BCUT2D eigenvalue weighted by molar-refractivity contribution is -0.877. The first-order chi connectivity index (χ1) is 6.53. The zero-order valence-corrected chi connectivity index (χ0v) is 12.0. The Balaban J connectivity index is 0.00000196. The Labute approximate surface area is 110 Å². The molecule has 0 bridgehead atoms. The van der Waals surface area contributed by atoms with Gasteiger partial charge in [0.2, 0.25) is 0 Å². The van der Waals surface area contributed by atoms with E-state index in [4.69, 9.17) is 0 Å². The lowest BCUT2D eigenvalue weighted by Crippen LogP contribution is -3.00. The minimum Gasteiger partial charge on any atom is -1.00 e. The number of quaternary nitrogens is 1. The second-order valence-corrected chi connectivity index (χ2v) is 4.21. The highest BCUT2D eigenvalue weighted by Gasteiger charge is 2.08. The molecule has 0 aromatic heterocycles. The van der Waals surface area contributed by atoms with Crippen LogP contribution in [0.5, 0.6) is 0 Å². The lowest BCUT2D eigenvalue weighted by atomic mass is 10.1. The maximum absolute atomic E-state index is 4.65. The van der Waals surface area contributed by atoms with Gasteiger partial charge in [0.25, 0.3) is 0 Å². The second-order valence-electron chi connectivity index (χ2n) is 4.21. The highest BCUT2D eigenvalue weighted by Crippen LogP contribution is 2.06. The maximum atomic E-state index is 4.65.